The van der Waals surface area contributed by atoms with Gasteiger partial charge in [0.1, 0.15) is 0 Å². The van der Waals surface area contributed by atoms with Crippen molar-refractivity contribution in [1.29, 1.82) is 0 Å². The molecule has 2 heterocycles. The molecule has 0 aliphatic carbocycles. The van der Waals surface area contributed by atoms with Gasteiger partial charge < -0.3 is 9.88 Å². The number of nitrogens with zero attached hydrogens (tertiary/aromatic N) is 1. The average Bonchev–Trinajstić information content (AvgIpc) is 3.07. The molecular formula is C25H17ClN2O2S. The van der Waals surface area contributed by atoms with Gasteiger partial charge in [0.25, 0.3) is 5.91 Å². The molecule has 0 bridgehead atoms. The second-order valence-electron chi connectivity index (χ2n) is 7.55. The Balaban J connectivity index is 1.64. The van der Waals surface area contributed by atoms with Crippen LogP contribution in [0.4, 0.5) is 0 Å². The molecule has 31 heavy (non-hydrogen) atoms. The highest BCUT2D eigenvalue weighted by atomic mass is 35.5. The second-order valence-corrected chi connectivity index (χ2v) is 8.48. The Bertz CT molecular complexity index is 1410. The van der Waals surface area contributed by atoms with E-state index in [1.807, 2.05) is 36.5 Å². The van der Waals surface area contributed by atoms with Gasteiger partial charge in [-0.1, -0.05) is 66.3 Å². The molecular weight excluding hydrogens is 428 g/mol. The number of Topliss-reactive ketones (excluding diaryl/α,β-unsaturated/α-hetero) is 1. The van der Waals surface area contributed by atoms with Gasteiger partial charge in [-0.15, -0.1) is 0 Å². The maximum atomic E-state index is 12.4. The van der Waals surface area contributed by atoms with Crippen LogP contribution in [0.2, 0.25) is 5.02 Å². The number of benzene rings is 3. The van der Waals surface area contributed by atoms with E-state index >= 15 is 0 Å². The number of fused-ring (bicyclic) bond motifs is 2. The number of hydrogen-bond acceptors (Lipinski definition) is 3. The predicted octanol–water partition coefficient (Wildman–Crippen LogP) is 5.30. The Morgan fingerprint density at radius 2 is 1.84 bits per heavy atom. The fourth-order valence-electron chi connectivity index (χ4n) is 4.06. The third-order valence-corrected chi connectivity index (χ3v) is 6.00. The molecule has 1 N–H and O–H groups in total. The van der Waals surface area contributed by atoms with E-state index < -0.39 is 5.91 Å². The first-order chi connectivity index (χ1) is 15.0. The van der Waals surface area contributed by atoms with Crippen LogP contribution in [0.15, 0.2) is 72.4 Å². The lowest BCUT2D eigenvalue weighted by atomic mass is 10.0. The van der Waals surface area contributed by atoms with Gasteiger partial charge in [-0.3, -0.25) is 9.59 Å². The van der Waals surface area contributed by atoms with Crippen LogP contribution >= 0.6 is 23.8 Å². The fraction of sp³-hybridized carbons (Fsp3) is 0.0800. The second kappa shape index (κ2) is 7.76. The van der Waals surface area contributed by atoms with Gasteiger partial charge in [0, 0.05) is 34.2 Å². The lowest BCUT2D eigenvalue weighted by molar-refractivity contribution is -0.122. The molecule has 6 heteroatoms. The minimum atomic E-state index is -0.460. The highest BCUT2D eigenvalue weighted by Crippen LogP contribution is 2.29. The number of rotatable bonds is 3. The normalized spacial score (nSPS) is 15.8. The predicted molar refractivity (Wildman–Crippen MR) is 128 cm³/mol. The monoisotopic (exact) mass is 444 g/mol. The minimum absolute atomic E-state index is 0.0440. The molecule has 1 saturated heterocycles. The Morgan fingerprint density at radius 1 is 1.03 bits per heavy atom. The summed E-state index contributed by atoms with van der Waals surface area (Å²) in [4.78, 5) is 25.0. The zero-order valence-electron chi connectivity index (χ0n) is 16.4. The number of aromatic nitrogens is 1. The number of carbonyl (C=O) groups is 2. The SMILES string of the molecule is O=C1CC(=S)NC(=O)/C1=C\c1cn(Cc2cccc3ccccc23)c2ccc(Cl)cc12. The number of amides is 1. The van der Waals surface area contributed by atoms with Crippen molar-refractivity contribution in [3.05, 3.63) is 88.6 Å². The van der Waals surface area contributed by atoms with Crippen LogP contribution < -0.4 is 5.32 Å². The van der Waals surface area contributed by atoms with Gasteiger partial charge in [0.05, 0.1) is 17.0 Å². The van der Waals surface area contributed by atoms with Crippen LogP contribution in [0.3, 0.4) is 0 Å². The summed E-state index contributed by atoms with van der Waals surface area (Å²) in [6.07, 6.45) is 3.64. The Hall–Kier alpha value is -3.28. The van der Waals surface area contributed by atoms with Crippen LogP contribution in [0.5, 0.6) is 0 Å². The smallest absolute Gasteiger partial charge is 0.259 e. The zero-order valence-corrected chi connectivity index (χ0v) is 18.0. The van der Waals surface area contributed by atoms with Gasteiger partial charge in [-0.2, -0.15) is 0 Å². The third kappa shape index (κ3) is 3.67. The van der Waals surface area contributed by atoms with Gasteiger partial charge in [-0.05, 0) is 40.6 Å². The number of carbonyl (C=O) groups excluding carboxylic acids is 2. The molecule has 4 aromatic rings. The first-order valence-electron chi connectivity index (χ1n) is 9.84. The molecule has 152 valence electrons. The van der Waals surface area contributed by atoms with Crippen molar-refractivity contribution in [3.63, 3.8) is 0 Å². The molecule has 0 spiro atoms. The number of thiocarbonyl (C=S) groups is 1. The van der Waals surface area contributed by atoms with Crippen LogP contribution in [-0.2, 0) is 16.1 Å². The summed E-state index contributed by atoms with van der Waals surface area (Å²) < 4.78 is 2.12. The maximum Gasteiger partial charge on any atom is 0.259 e. The zero-order chi connectivity index (χ0) is 21.5. The van der Waals surface area contributed by atoms with Crippen molar-refractivity contribution in [1.82, 2.24) is 9.88 Å². The highest BCUT2D eigenvalue weighted by Gasteiger charge is 2.26. The van der Waals surface area contributed by atoms with E-state index in [0.717, 1.165) is 16.5 Å². The number of hydrogen-bond donors (Lipinski definition) is 1. The van der Waals surface area contributed by atoms with Gasteiger partial charge in [-0.25, -0.2) is 0 Å². The maximum absolute atomic E-state index is 12.4. The van der Waals surface area contributed by atoms with Gasteiger partial charge >= 0.3 is 0 Å². The summed E-state index contributed by atoms with van der Waals surface area (Å²) in [6.45, 7) is 0.646. The van der Waals surface area contributed by atoms with E-state index in [-0.39, 0.29) is 22.8 Å². The first kappa shape index (κ1) is 19.7. The van der Waals surface area contributed by atoms with E-state index in [0.29, 0.717) is 11.6 Å². The molecule has 5 rings (SSSR count). The molecule has 1 aliphatic rings. The van der Waals surface area contributed by atoms with E-state index in [1.54, 1.807) is 6.08 Å². The van der Waals surface area contributed by atoms with Crippen molar-refractivity contribution in [2.45, 2.75) is 13.0 Å². The molecule has 1 fully saturated rings. The van der Waals surface area contributed by atoms with Gasteiger partial charge in [0.2, 0.25) is 0 Å². The molecule has 3 aromatic carbocycles. The van der Waals surface area contributed by atoms with Crippen molar-refractivity contribution in [3.8, 4) is 0 Å². The molecule has 0 unspecified atom stereocenters. The summed E-state index contributed by atoms with van der Waals surface area (Å²) in [6, 6.07) is 20.2. The first-order valence-corrected chi connectivity index (χ1v) is 10.6. The number of piperidine rings is 1. The fourth-order valence-corrected chi connectivity index (χ4v) is 4.46. The standard InChI is InChI=1S/C25H17ClN2O2S/c26-18-8-9-22-20(11-18)17(10-21-23(29)12-24(31)27-25(21)30)14-28(22)13-16-6-3-5-15-4-1-2-7-19(15)16/h1-11,14H,12-13H2,(H,27,30,31)/b21-10-. The van der Waals surface area contributed by atoms with Gasteiger partial charge in [0.15, 0.2) is 5.78 Å². The van der Waals surface area contributed by atoms with E-state index in [9.17, 15) is 9.59 Å². The van der Waals surface area contributed by atoms with Crippen molar-refractivity contribution >= 4 is 68.2 Å². The lowest BCUT2D eigenvalue weighted by Gasteiger charge is -2.14. The highest BCUT2D eigenvalue weighted by molar-refractivity contribution is 7.80. The molecule has 1 aliphatic heterocycles. The molecule has 1 amide bonds. The topological polar surface area (TPSA) is 51.1 Å². The third-order valence-electron chi connectivity index (χ3n) is 5.51. The molecule has 1 aromatic heterocycles. The molecule has 0 atom stereocenters. The average molecular weight is 445 g/mol. The quantitative estimate of drug-likeness (QED) is 0.265. The summed E-state index contributed by atoms with van der Waals surface area (Å²) >= 11 is 11.2. The van der Waals surface area contributed by atoms with E-state index in [2.05, 4.69) is 40.2 Å². The van der Waals surface area contributed by atoms with Crippen LogP contribution in [0.1, 0.15) is 17.5 Å². The molecule has 4 nitrogen and oxygen atoms in total. The summed E-state index contributed by atoms with van der Waals surface area (Å²) in [5.41, 5.74) is 3.03. The number of nitrogens with one attached hydrogen (secondary N) is 1. The summed E-state index contributed by atoms with van der Waals surface area (Å²) in [5.74, 6) is -0.732. The minimum Gasteiger partial charge on any atom is -0.342 e. The Kier molecular flexibility index (Phi) is 4.93. The van der Waals surface area contributed by atoms with Crippen molar-refractivity contribution in [2.75, 3.05) is 0 Å². The lowest BCUT2D eigenvalue weighted by Crippen LogP contribution is -2.39. The van der Waals surface area contributed by atoms with Crippen molar-refractivity contribution in [2.24, 2.45) is 0 Å². The van der Waals surface area contributed by atoms with E-state index in [4.69, 9.17) is 23.8 Å². The largest absolute Gasteiger partial charge is 0.342 e. The number of halogens is 1. The van der Waals surface area contributed by atoms with E-state index in [1.165, 1.54) is 16.3 Å². The number of ketones is 1. The molecule has 0 saturated carbocycles. The van der Waals surface area contributed by atoms with Crippen LogP contribution in [0.25, 0.3) is 27.8 Å². The van der Waals surface area contributed by atoms with Crippen LogP contribution in [-0.4, -0.2) is 21.2 Å². The Labute approximate surface area is 189 Å². The van der Waals surface area contributed by atoms with Crippen LogP contribution in [0, 0.1) is 0 Å². The van der Waals surface area contributed by atoms with Crippen molar-refractivity contribution < 1.29 is 9.59 Å². The Morgan fingerprint density at radius 3 is 2.68 bits per heavy atom. The summed E-state index contributed by atoms with van der Waals surface area (Å²) in [5, 5.41) is 6.43. The molecule has 0 radical (unpaired) electrons. The summed E-state index contributed by atoms with van der Waals surface area (Å²) in [7, 11) is 0.